The Bertz CT molecular complexity index is 503. The predicted molar refractivity (Wildman–Crippen MR) is 57.0 cm³/mol. The standard InChI is InChI=1S/C10H7N5O/c11-5-7-1-3-8(4-2-7)14-15-9(6-12)10(13)16/h1-4,14H,(H2,13,16)/b15-9+. The van der Waals surface area contributed by atoms with E-state index in [1.54, 1.807) is 30.3 Å². The van der Waals surface area contributed by atoms with Crippen LogP contribution in [-0.2, 0) is 4.79 Å². The number of nitrogens with one attached hydrogen (secondary N) is 1. The van der Waals surface area contributed by atoms with Crippen molar-refractivity contribution >= 4 is 17.3 Å². The molecule has 0 fully saturated rings. The summed E-state index contributed by atoms with van der Waals surface area (Å²) in [7, 11) is 0. The van der Waals surface area contributed by atoms with E-state index in [1.807, 2.05) is 6.07 Å². The molecule has 0 aliphatic rings. The summed E-state index contributed by atoms with van der Waals surface area (Å²) in [6.45, 7) is 0. The first-order valence-electron chi connectivity index (χ1n) is 4.21. The Balaban J connectivity index is 2.79. The quantitative estimate of drug-likeness (QED) is 0.556. The lowest BCUT2D eigenvalue weighted by atomic mass is 10.2. The molecular formula is C10H7N5O. The van der Waals surface area contributed by atoms with Crippen molar-refractivity contribution in [2.45, 2.75) is 0 Å². The number of hydrogen-bond donors (Lipinski definition) is 2. The molecule has 6 heteroatoms. The topological polar surface area (TPSA) is 115 Å². The molecule has 1 aromatic carbocycles. The molecule has 16 heavy (non-hydrogen) atoms. The molecule has 1 amide bonds. The number of hydrogen-bond acceptors (Lipinski definition) is 5. The van der Waals surface area contributed by atoms with Gasteiger partial charge in [0.05, 0.1) is 17.3 Å². The number of amides is 1. The Morgan fingerprint density at radius 1 is 1.31 bits per heavy atom. The van der Waals surface area contributed by atoms with Crippen LogP contribution in [0.4, 0.5) is 5.69 Å². The van der Waals surface area contributed by atoms with Gasteiger partial charge < -0.3 is 5.73 Å². The summed E-state index contributed by atoms with van der Waals surface area (Å²) in [5.74, 6) is -0.899. The smallest absolute Gasteiger partial charge is 0.280 e. The Labute approximate surface area is 91.6 Å². The van der Waals surface area contributed by atoms with Crippen LogP contribution >= 0.6 is 0 Å². The SMILES string of the molecule is N#C/C(=N\Nc1ccc(C#N)cc1)C(N)=O. The van der Waals surface area contributed by atoms with E-state index in [2.05, 4.69) is 10.5 Å². The summed E-state index contributed by atoms with van der Waals surface area (Å²) in [5, 5.41) is 20.6. The molecule has 0 aromatic heterocycles. The zero-order chi connectivity index (χ0) is 12.0. The molecule has 0 bridgehead atoms. The first-order valence-corrected chi connectivity index (χ1v) is 4.21. The third-order valence-corrected chi connectivity index (χ3v) is 1.65. The van der Waals surface area contributed by atoms with E-state index in [0.717, 1.165) is 0 Å². The van der Waals surface area contributed by atoms with Gasteiger partial charge in [0.2, 0.25) is 5.71 Å². The number of rotatable bonds is 3. The summed E-state index contributed by atoms with van der Waals surface area (Å²) >= 11 is 0. The third-order valence-electron chi connectivity index (χ3n) is 1.65. The lowest BCUT2D eigenvalue weighted by Gasteiger charge is -1.99. The first kappa shape index (κ1) is 11.2. The molecule has 0 aliphatic carbocycles. The number of primary amides is 1. The number of hydrazone groups is 1. The van der Waals surface area contributed by atoms with Crippen molar-refractivity contribution in [3.05, 3.63) is 29.8 Å². The molecule has 1 rings (SSSR count). The van der Waals surface area contributed by atoms with E-state index in [-0.39, 0.29) is 0 Å². The van der Waals surface area contributed by atoms with Gasteiger partial charge in [-0.1, -0.05) is 0 Å². The Hall–Kier alpha value is -2.86. The van der Waals surface area contributed by atoms with Crippen molar-refractivity contribution in [3.63, 3.8) is 0 Å². The average Bonchev–Trinajstić information content (AvgIpc) is 2.30. The number of nitrogens with two attached hydrogens (primary N) is 1. The normalized spacial score (nSPS) is 10.0. The predicted octanol–water partition coefficient (Wildman–Crippen LogP) is 0.335. The fraction of sp³-hybridized carbons (Fsp3) is 0. The number of benzene rings is 1. The Kier molecular flexibility index (Phi) is 3.59. The van der Waals surface area contributed by atoms with Crippen molar-refractivity contribution in [1.82, 2.24) is 0 Å². The van der Waals surface area contributed by atoms with Crippen LogP contribution in [0.25, 0.3) is 0 Å². The van der Waals surface area contributed by atoms with Crippen molar-refractivity contribution in [2.24, 2.45) is 10.8 Å². The molecule has 0 saturated heterocycles. The van der Waals surface area contributed by atoms with Crippen LogP contribution in [0.15, 0.2) is 29.4 Å². The lowest BCUT2D eigenvalue weighted by molar-refractivity contribution is -0.111. The van der Waals surface area contributed by atoms with Gasteiger partial charge in [-0.05, 0) is 24.3 Å². The van der Waals surface area contributed by atoms with Gasteiger partial charge in [0, 0.05) is 0 Å². The third kappa shape index (κ3) is 2.82. The molecule has 0 aliphatic heterocycles. The minimum Gasteiger partial charge on any atom is -0.364 e. The van der Waals surface area contributed by atoms with Crippen LogP contribution in [0.5, 0.6) is 0 Å². The molecule has 78 valence electrons. The molecule has 3 N–H and O–H groups in total. The van der Waals surface area contributed by atoms with Crippen LogP contribution in [0.1, 0.15) is 5.56 Å². The van der Waals surface area contributed by atoms with Gasteiger partial charge >= 0.3 is 0 Å². The van der Waals surface area contributed by atoms with Gasteiger partial charge in [0.15, 0.2) is 0 Å². The van der Waals surface area contributed by atoms with Crippen molar-refractivity contribution in [1.29, 1.82) is 10.5 Å². The largest absolute Gasteiger partial charge is 0.364 e. The number of nitrogens with zero attached hydrogens (tertiary/aromatic N) is 3. The van der Waals surface area contributed by atoms with E-state index in [9.17, 15) is 4.79 Å². The van der Waals surface area contributed by atoms with Gasteiger partial charge in [-0.2, -0.15) is 15.6 Å². The van der Waals surface area contributed by atoms with Crippen LogP contribution < -0.4 is 11.2 Å². The second kappa shape index (κ2) is 5.13. The average molecular weight is 213 g/mol. The van der Waals surface area contributed by atoms with Gasteiger partial charge in [0.1, 0.15) is 6.07 Å². The van der Waals surface area contributed by atoms with Crippen molar-refractivity contribution in [2.75, 3.05) is 5.43 Å². The van der Waals surface area contributed by atoms with E-state index >= 15 is 0 Å². The lowest BCUT2D eigenvalue weighted by Crippen LogP contribution is -2.22. The monoisotopic (exact) mass is 213 g/mol. The zero-order valence-corrected chi connectivity index (χ0v) is 8.14. The number of carbonyl (C=O) groups excluding carboxylic acids is 1. The van der Waals surface area contributed by atoms with E-state index in [4.69, 9.17) is 16.3 Å². The molecular weight excluding hydrogens is 206 g/mol. The zero-order valence-electron chi connectivity index (χ0n) is 8.14. The molecule has 0 heterocycles. The highest BCUT2D eigenvalue weighted by atomic mass is 16.1. The summed E-state index contributed by atoms with van der Waals surface area (Å²) in [6.07, 6.45) is 0. The molecule has 0 spiro atoms. The highest BCUT2D eigenvalue weighted by molar-refractivity contribution is 6.44. The first-order chi connectivity index (χ1) is 7.67. The van der Waals surface area contributed by atoms with Gasteiger partial charge in [0.25, 0.3) is 5.91 Å². The highest BCUT2D eigenvalue weighted by Crippen LogP contribution is 2.08. The summed E-state index contributed by atoms with van der Waals surface area (Å²) < 4.78 is 0. The number of anilines is 1. The number of nitriles is 2. The second-order valence-electron chi connectivity index (χ2n) is 2.74. The maximum absolute atomic E-state index is 10.6. The van der Waals surface area contributed by atoms with Crippen molar-refractivity contribution in [3.8, 4) is 12.1 Å². The molecule has 1 aromatic rings. The summed E-state index contributed by atoms with van der Waals surface area (Å²) in [4.78, 5) is 10.6. The van der Waals surface area contributed by atoms with Crippen LogP contribution in [-0.4, -0.2) is 11.6 Å². The molecule has 6 nitrogen and oxygen atoms in total. The summed E-state index contributed by atoms with van der Waals surface area (Å²) in [6, 6.07) is 9.86. The van der Waals surface area contributed by atoms with Gasteiger partial charge in [-0.25, -0.2) is 0 Å². The maximum Gasteiger partial charge on any atom is 0.280 e. The fourth-order valence-corrected chi connectivity index (χ4v) is 0.875. The van der Waals surface area contributed by atoms with Gasteiger partial charge in [-0.3, -0.25) is 10.2 Å². The minimum absolute atomic E-state index is 0.413. The van der Waals surface area contributed by atoms with E-state index < -0.39 is 11.6 Å². The highest BCUT2D eigenvalue weighted by Gasteiger charge is 2.04. The number of carbonyl (C=O) groups is 1. The molecule has 0 radical (unpaired) electrons. The van der Waals surface area contributed by atoms with E-state index in [0.29, 0.717) is 11.3 Å². The second-order valence-corrected chi connectivity index (χ2v) is 2.74. The molecule has 0 saturated carbocycles. The maximum atomic E-state index is 10.6. The Morgan fingerprint density at radius 3 is 2.38 bits per heavy atom. The van der Waals surface area contributed by atoms with E-state index in [1.165, 1.54) is 0 Å². The molecule has 0 unspecified atom stereocenters. The van der Waals surface area contributed by atoms with Crippen LogP contribution in [0.2, 0.25) is 0 Å². The van der Waals surface area contributed by atoms with Crippen LogP contribution in [0, 0.1) is 22.7 Å². The van der Waals surface area contributed by atoms with Crippen LogP contribution in [0.3, 0.4) is 0 Å². The fourth-order valence-electron chi connectivity index (χ4n) is 0.875. The van der Waals surface area contributed by atoms with Gasteiger partial charge in [-0.15, -0.1) is 0 Å². The minimum atomic E-state index is -0.899. The summed E-state index contributed by atoms with van der Waals surface area (Å²) in [5.41, 5.74) is 8.01. The molecule has 0 atom stereocenters. The Morgan fingerprint density at radius 2 is 1.94 bits per heavy atom. The van der Waals surface area contributed by atoms with Crippen molar-refractivity contribution < 1.29 is 4.79 Å².